The highest BCUT2D eigenvalue weighted by Gasteiger charge is 2.14. The number of carbonyl (C=O) groups is 1. The largest absolute Gasteiger partial charge is 0.465 e. The van der Waals surface area contributed by atoms with Crippen LogP contribution in [0, 0.1) is 6.92 Å². The van der Waals surface area contributed by atoms with Crippen LogP contribution in [0.5, 0.6) is 0 Å². The number of esters is 1. The molecule has 0 aliphatic rings. The van der Waals surface area contributed by atoms with Gasteiger partial charge < -0.3 is 10.5 Å². The highest BCUT2D eigenvalue weighted by atomic mass is 32.2. The first-order chi connectivity index (χ1) is 9.02. The molecule has 0 unspecified atom stereocenters. The minimum absolute atomic E-state index is 0.381. The number of nitrogens with zero attached hydrogens (tertiary/aromatic N) is 2. The van der Waals surface area contributed by atoms with E-state index in [0.29, 0.717) is 11.3 Å². The molecule has 1 aromatic carbocycles. The lowest BCUT2D eigenvalue weighted by Gasteiger charge is -2.09. The average Bonchev–Trinajstić information content (AvgIpc) is 2.69. The number of benzene rings is 1. The van der Waals surface area contributed by atoms with Gasteiger partial charge in [0.1, 0.15) is 0 Å². The Morgan fingerprint density at radius 2 is 2.21 bits per heavy atom. The first-order valence-electron chi connectivity index (χ1n) is 5.68. The second kappa shape index (κ2) is 5.36. The zero-order valence-electron chi connectivity index (χ0n) is 11.0. The lowest BCUT2D eigenvalue weighted by molar-refractivity contribution is 0.0601. The maximum atomic E-state index is 11.6. The molecule has 1 aromatic heterocycles. The topological polar surface area (TPSA) is 70.1 Å². The molecule has 0 aliphatic carbocycles. The Kier molecular flexibility index (Phi) is 3.80. The van der Waals surface area contributed by atoms with Gasteiger partial charge in [-0.25, -0.2) is 4.79 Å². The van der Waals surface area contributed by atoms with Crippen LogP contribution in [0.2, 0.25) is 0 Å². The lowest BCUT2D eigenvalue weighted by Crippen LogP contribution is -2.06. The average molecular weight is 277 g/mol. The van der Waals surface area contributed by atoms with Crippen LogP contribution in [0.15, 0.2) is 34.2 Å². The molecule has 1 heterocycles. The summed E-state index contributed by atoms with van der Waals surface area (Å²) in [5.74, 6) is -0.430. The van der Waals surface area contributed by atoms with Gasteiger partial charge in [-0.05, 0) is 25.1 Å². The van der Waals surface area contributed by atoms with Crippen molar-refractivity contribution in [3.05, 3.63) is 35.5 Å². The van der Waals surface area contributed by atoms with E-state index in [4.69, 9.17) is 10.5 Å². The van der Waals surface area contributed by atoms with E-state index in [1.54, 1.807) is 16.8 Å². The Hall–Kier alpha value is -1.95. The molecular weight excluding hydrogens is 262 g/mol. The molecule has 100 valence electrons. The number of hydrogen-bond donors (Lipinski definition) is 1. The second-order valence-corrected chi connectivity index (χ2v) is 5.12. The minimum Gasteiger partial charge on any atom is -0.465 e. The smallest absolute Gasteiger partial charge is 0.339 e. The van der Waals surface area contributed by atoms with E-state index < -0.39 is 5.97 Å². The molecule has 5 nitrogen and oxygen atoms in total. The first-order valence-corrected chi connectivity index (χ1v) is 6.50. The summed E-state index contributed by atoms with van der Waals surface area (Å²) in [6.45, 7) is 1.93. The van der Waals surface area contributed by atoms with Crippen LogP contribution in [-0.2, 0) is 11.8 Å². The van der Waals surface area contributed by atoms with E-state index in [-0.39, 0.29) is 0 Å². The number of methoxy groups -OCH3 is 1. The van der Waals surface area contributed by atoms with Crippen molar-refractivity contribution in [2.45, 2.75) is 16.8 Å². The molecule has 0 bridgehead atoms. The number of para-hydroxylation sites is 1. The number of nitrogen functional groups attached to an aromatic ring is 1. The molecule has 0 spiro atoms. The van der Waals surface area contributed by atoms with Gasteiger partial charge in [-0.2, -0.15) is 5.10 Å². The van der Waals surface area contributed by atoms with Crippen molar-refractivity contribution in [2.75, 3.05) is 12.8 Å². The Labute approximate surface area is 115 Å². The van der Waals surface area contributed by atoms with E-state index in [9.17, 15) is 4.79 Å². The van der Waals surface area contributed by atoms with Crippen LogP contribution >= 0.6 is 11.8 Å². The van der Waals surface area contributed by atoms with Gasteiger partial charge in [0.2, 0.25) is 0 Å². The van der Waals surface area contributed by atoms with E-state index in [0.717, 1.165) is 15.6 Å². The number of nitrogens with two attached hydrogens (primary N) is 1. The molecule has 2 rings (SSSR count). The third-order valence-corrected chi connectivity index (χ3v) is 3.81. The van der Waals surface area contributed by atoms with E-state index >= 15 is 0 Å². The van der Waals surface area contributed by atoms with Gasteiger partial charge in [-0.1, -0.05) is 17.8 Å². The van der Waals surface area contributed by atoms with Gasteiger partial charge >= 0.3 is 5.97 Å². The van der Waals surface area contributed by atoms with Crippen molar-refractivity contribution in [2.24, 2.45) is 7.05 Å². The summed E-state index contributed by atoms with van der Waals surface area (Å²) in [7, 11) is 3.21. The van der Waals surface area contributed by atoms with Crippen molar-refractivity contribution in [1.29, 1.82) is 0 Å². The van der Waals surface area contributed by atoms with Gasteiger partial charge in [0.25, 0.3) is 0 Å². The summed E-state index contributed by atoms with van der Waals surface area (Å²) in [6, 6.07) is 7.28. The molecule has 0 saturated heterocycles. The molecule has 2 aromatic rings. The van der Waals surface area contributed by atoms with Gasteiger partial charge in [0, 0.05) is 11.9 Å². The maximum absolute atomic E-state index is 11.6. The highest BCUT2D eigenvalue weighted by molar-refractivity contribution is 7.99. The standard InChI is InChI=1S/C13H15N3O2S/c1-8-7-11(16(2)15-8)19-10-6-4-5-9(12(10)14)13(17)18-3/h4-7H,14H2,1-3H3. The van der Waals surface area contributed by atoms with Crippen LogP contribution in [0.4, 0.5) is 5.69 Å². The molecular formula is C13H15N3O2S. The molecule has 19 heavy (non-hydrogen) atoms. The molecule has 6 heteroatoms. The molecule has 2 N–H and O–H groups in total. The van der Waals surface area contributed by atoms with Crippen molar-refractivity contribution < 1.29 is 9.53 Å². The van der Waals surface area contributed by atoms with Gasteiger partial charge in [0.05, 0.1) is 29.1 Å². The van der Waals surface area contributed by atoms with E-state index in [1.165, 1.54) is 18.9 Å². The lowest BCUT2D eigenvalue weighted by atomic mass is 10.2. The molecule has 0 radical (unpaired) electrons. The summed E-state index contributed by atoms with van der Waals surface area (Å²) < 4.78 is 6.49. The third-order valence-electron chi connectivity index (χ3n) is 2.64. The summed E-state index contributed by atoms with van der Waals surface area (Å²) in [4.78, 5) is 12.4. The molecule has 0 amide bonds. The second-order valence-electron chi connectivity index (χ2n) is 4.06. The zero-order valence-corrected chi connectivity index (χ0v) is 11.8. The van der Waals surface area contributed by atoms with Gasteiger partial charge in [-0.15, -0.1) is 0 Å². The summed E-state index contributed by atoms with van der Waals surface area (Å²) in [5.41, 5.74) is 7.76. The Morgan fingerprint density at radius 1 is 1.47 bits per heavy atom. The predicted octanol–water partition coefficient (Wildman–Crippen LogP) is 2.25. The highest BCUT2D eigenvalue weighted by Crippen LogP contribution is 2.34. The van der Waals surface area contributed by atoms with Gasteiger partial charge in [-0.3, -0.25) is 4.68 Å². The van der Waals surface area contributed by atoms with Crippen molar-refractivity contribution >= 4 is 23.4 Å². The van der Waals surface area contributed by atoms with Crippen LogP contribution < -0.4 is 5.73 Å². The fraction of sp³-hybridized carbons (Fsp3) is 0.231. The summed E-state index contributed by atoms with van der Waals surface area (Å²) >= 11 is 1.47. The number of ether oxygens (including phenoxy) is 1. The van der Waals surface area contributed by atoms with Crippen LogP contribution in [0.3, 0.4) is 0 Å². The predicted molar refractivity (Wildman–Crippen MR) is 74.3 cm³/mol. The van der Waals surface area contributed by atoms with Crippen molar-refractivity contribution in [1.82, 2.24) is 9.78 Å². The molecule has 0 fully saturated rings. The quantitative estimate of drug-likeness (QED) is 0.688. The fourth-order valence-corrected chi connectivity index (χ4v) is 2.71. The summed E-state index contributed by atoms with van der Waals surface area (Å²) in [5, 5.41) is 5.24. The van der Waals surface area contributed by atoms with E-state index in [2.05, 4.69) is 5.10 Å². The number of aryl methyl sites for hydroxylation is 2. The number of hydrogen-bond acceptors (Lipinski definition) is 5. The Balaban J connectivity index is 2.36. The van der Waals surface area contributed by atoms with Crippen molar-refractivity contribution in [3.8, 4) is 0 Å². The maximum Gasteiger partial charge on any atom is 0.339 e. The van der Waals surface area contributed by atoms with Crippen LogP contribution in [-0.4, -0.2) is 22.9 Å². The SMILES string of the molecule is COC(=O)c1cccc(Sc2cc(C)nn2C)c1N. The molecule has 0 atom stereocenters. The monoisotopic (exact) mass is 277 g/mol. The Morgan fingerprint density at radius 3 is 2.79 bits per heavy atom. The minimum atomic E-state index is -0.430. The number of carbonyl (C=O) groups excluding carboxylic acids is 1. The third kappa shape index (κ3) is 2.73. The fourth-order valence-electron chi connectivity index (χ4n) is 1.72. The Bertz CT molecular complexity index is 622. The first kappa shape index (κ1) is 13.5. The van der Waals surface area contributed by atoms with Crippen molar-refractivity contribution in [3.63, 3.8) is 0 Å². The zero-order chi connectivity index (χ0) is 14.0. The number of anilines is 1. The van der Waals surface area contributed by atoms with Crippen LogP contribution in [0.25, 0.3) is 0 Å². The van der Waals surface area contributed by atoms with Gasteiger partial charge in [0.15, 0.2) is 0 Å². The summed E-state index contributed by atoms with van der Waals surface area (Å²) in [6.07, 6.45) is 0. The van der Waals surface area contributed by atoms with E-state index in [1.807, 2.05) is 26.1 Å². The normalized spacial score (nSPS) is 10.5. The number of rotatable bonds is 3. The van der Waals surface area contributed by atoms with Crippen LogP contribution in [0.1, 0.15) is 16.1 Å². The number of aromatic nitrogens is 2. The molecule has 0 aliphatic heterocycles. The molecule has 0 saturated carbocycles.